The predicted octanol–water partition coefficient (Wildman–Crippen LogP) is 7.21. The van der Waals surface area contributed by atoms with E-state index >= 15 is 0 Å². The summed E-state index contributed by atoms with van der Waals surface area (Å²) in [5.74, 6) is -0.430. The third kappa shape index (κ3) is 6.26. The van der Waals surface area contributed by atoms with Gasteiger partial charge in [0.05, 0.1) is 21.8 Å². The zero-order valence-electron chi connectivity index (χ0n) is 19.2. The lowest BCUT2D eigenvalue weighted by atomic mass is 9.59. The van der Waals surface area contributed by atoms with Crippen LogP contribution in [-0.2, 0) is 22.2 Å². The summed E-state index contributed by atoms with van der Waals surface area (Å²) < 4.78 is 102. The fourth-order valence-corrected chi connectivity index (χ4v) is 5.82. The standard InChI is InChI=1S/C25H26F6O3S/c1-23(2,22(32)17-6-3-7-19(15-17)25(29,30)31)20-13-16(14-20)5-4-12-35(33,34)21-10-8-18(9-11-21)24(26,27)28/h3,6-11,15-16,20H,4-5,12-14H2,1-2H3. The van der Waals surface area contributed by atoms with E-state index in [0.29, 0.717) is 25.7 Å². The minimum Gasteiger partial charge on any atom is -0.294 e. The van der Waals surface area contributed by atoms with E-state index in [9.17, 15) is 39.6 Å². The highest BCUT2D eigenvalue weighted by Crippen LogP contribution is 2.48. The molecule has 0 aromatic heterocycles. The van der Waals surface area contributed by atoms with E-state index in [1.807, 2.05) is 0 Å². The molecular formula is C25H26F6O3S. The summed E-state index contributed by atoms with van der Waals surface area (Å²) in [7, 11) is -3.72. The third-order valence-corrected chi connectivity index (χ3v) is 8.68. The molecule has 0 spiro atoms. The topological polar surface area (TPSA) is 51.2 Å². The fourth-order valence-electron chi connectivity index (χ4n) is 4.49. The van der Waals surface area contributed by atoms with Crippen molar-refractivity contribution >= 4 is 15.6 Å². The monoisotopic (exact) mass is 520 g/mol. The molecule has 0 unspecified atom stereocenters. The summed E-state index contributed by atoms with van der Waals surface area (Å²) in [6.45, 7) is 3.43. The SMILES string of the molecule is CC(C)(C(=O)c1cccc(C(F)(F)F)c1)C1CC(CCCS(=O)(=O)c2ccc(C(F)(F)F)cc2)C1. The highest BCUT2D eigenvalue weighted by atomic mass is 32.2. The summed E-state index contributed by atoms with van der Waals surface area (Å²) in [5.41, 5.74) is -2.65. The molecule has 0 bridgehead atoms. The molecule has 0 heterocycles. The normalized spacial score (nSPS) is 19.3. The number of carbonyl (C=O) groups is 1. The van der Waals surface area contributed by atoms with Gasteiger partial charge in [0.15, 0.2) is 15.6 Å². The lowest BCUT2D eigenvalue weighted by Gasteiger charge is -2.45. The van der Waals surface area contributed by atoms with Crippen LogP contribution in [0.25, 0.3) is 0 Å². The summed E-state index contributed by atoms with van der Waals surface area (Å²) in [6, 6.07) is 7.78. The number of rotatable bonds is 8. The quantitative estimate of drug-likeness (QED) is 0.273. The molecule has 0 N–H and O–H groups in total. The highest BCUT2D eigenvalue weighted by molar-refractivity contribution is 7.91. The average Bonchev–Trinajstić information content (AvgIpc) is 2.73. The van der Waals surface area contributed by atoms with Crippen LogP contribution < -0.4 is 0 Å². The molecule has 0 saturated heterocycles. The smallest absolute Gasteiger partial charge is 0.294 e. The molecule has 0 radical (unpaired) electrons. The van der Waals surface area contributed by atoms with Crippen LogP contribution >= 0.6 is 0 Å². The predicted molar refractivity (Wildman–Crippen MR) is 119 cm³/mol. The highest BCUT2D eigenvalue weighted by Gasteiger charge is 2.44. The van der Waals surface area contributed by atoms with Crippen LogP contribution in [0.4, 0.5) is 26.3 Å². The van der Waals surface area contributed by atoms with Gasteiger partial charge in [0.2, 0.25) is 0 Å². The number of alkyl halides is 6. The number of Topliss-reactive ketones (excluding diaryl/α,β-unsaturated/α-hetero) is 1. The molecular weight excluding hydrogens is 494 g/mol. The van der Waals surface area contributed by atoms with Gasteiger partial charge in [0, 0.05) is 11.0 Å². The largest absolute Gasteiger partial charge is 0.416 e. The van der Waals surface area contributed by atoms with E-state index in [0.717, 1.165) is 36.4 Å². The maximum absolute atomic E-state index is 13.0. The van der Waals surface area contributed by atoms with Gasteiger partial charge in [0.1, 0.15) is 0 Å². The Morgan fingerprint density at radius 1 is 0.886 bits per heavy atom. The first-order valence-electron chi connectivity index (χ1n) is 11.1. The Hall–Kier alpha value is -2.36. The molecule has 10 heteroatoms. The van der Waals surface area contributed by atoms with Crippen molar-refractivity contribution in [1.82, 2.24) is 0 Å². The van der Waals surface area contributed by atoms with Gasteiger partial charge >= 0.3 is 12.4 Å². The molecule has 0 atom stereocenters. The molecule has 0 amide bonds. The van der Waals surface area contributed by atoms with Crippen LogP contribution in [0.3, 0.4) is 0 Å². The van der Waals surface area contributed by atoms with Crippen molar-refractivity contribution in [1.29, 1.82) is 0 Å². The van der Waals surface area contributed by atoms with Gasteiger partial charge in [-0.05, 0) is 73.9 Å². The van der Waals surface area contributed by atoms with Crippen molar-refractivity contribution in [3.05, 3.63) is 65.2 Å². The van der Waals surface area contributed by atoms with Gasteiger partial charge in [-0.2, -0.15) is 26.3 Å². The summed E-state index contributed by atoms with van der Waals surface area (Å²) >= 11 is 0. The molecule has 2 aromatic carbocycles. The molecule has 0 aliphatic heterocycles. The van der Waals surface area contributed by atoms with Crippen LogP contribution in [-0.4, -0.2) is 20.0 Å². The first-order chi connectivity index (χ1) is 16.0. The van der Waals surface area contributed by atoms with E-state index in [1.165, 1.54) is 12.1 Å². The van der Waals surface area contributed by atoms with Crippen LogP contribution in [0.2, 0.25) is 0 Å². The van der Waals surface area contributed by atoms with Crippen molar-refractivity contribution in [2.75, 3.05) is 5.75 Å². The Bertz CT molecular complexity index is 1160. The van der Waals surface area contributed by atoms with Crippen LogP contribution in [0.15, 0.2) is 53.4 Å². The van der Waals surface area contributed by atoms with Gasteiger partial charge in [-0.1, -0.05) is 26.0 Å². The third-order valence-electron chi connectivity index (χ3n) is 6.86. The summed E-state index contributed by atoms with van der Waals surface area (Å²) in [5, 5.41) is 0. The van der Waals surface area contributed by atoms with E-state index in [-0.39, 0.29) is 33.8 Å². The van der Waals surface area contributed by atoms with Crippen molar-refractivity contribution in [3.8, 4) is 0 Å². The van der Waals surface area contributed by atoms with Gasteiger partial charge in [-0.25, -0.2) is 8.42 Å². The zero-order valence-corrected chi connectivity index (χ0v) is 20.0. The summed E-state index contributed by atoms with van der Waals surface area (Å²) in [4.78, 5) is 12.8. The molecule has 1 fully saturated rings. The molecule has 3 rings (SSSR count). The lowest BCUT2D eigenvalue weighted by Crippen LogP contribution is -2.41. The number of carbonyl (C=O) groups excluding carboxylic acids is 1. The number of benzene rings is 2. The molecule has 1 aliphatic carbocycles. The van der Waals surface area contributed by atoms with Crippen LogP contribution in [0, 0.1) is 17.3 Å². The Morgan fingerprint density at radius 2 is 1.46 bits per heavy atom. The minimum absolute atomic E-state index is 0.0101. The van der Waals surface area contributed by atoms with E-state index in [2.05, 4.69) is 0 Å². The number of hydrogen-bond donors (Lipinski definition) is 0. The number of ketones is 1. The molecule has 1 aliphatic rings. The van der Waals surface area contributed by atoms with E-state index in [4.69, 9.17) is 0 Å². The summed E-state index contributed by atoms with van der Waals surface area (Å²) in [6.07, 6.45) is -6.88. The minimum atomic E-state index is -4.54. The van der Waals surface area contributed by atoms with Gasteiger partial charge < -0.3 is 0 Å². The first kappa shape index (κ1) is 27.2. The fraction of sp³-hybridized carbons (Fsp3) is 0.480. The Labute approximate surface area is 200 Å². The molecule has 192 valence electrons. The zero-order chi connectivity index (χ0) is 26.2. The van der Waals surface area contributed by atoms with Crippen LogP contribution in [0.1, 0.15) is 61.0 Å². The van der Waals surface area contributed by atoms with E-state index < -0.39 is 38.7 Å². The molecule has 35 heavy (non-hydrogen) atoms. The first-order valence-corrected chi connectivity index (χ1v) is 12.8. The van der Waals surface area contributed by atoms with Gasteiger partial charge in [0.25, 0.3) is 0 Å². The maximum Gasteiger partial charge on any atom is 0.416 e. The molecule has 1 saturated carbocycles. The number of halogens is 6. The van der Waals surface area contributed by atoms with Crippen molar-refractivity contribution in [3.63, 3.8) is 0 Å². The molecule has 3 nitrogen and oxygen atoms in total. The average molecular weight is 521 g/mol. The van der Waals surface area contributed by atoms with Crippen molar-refractivity contribution < 1.29 is 39.6 Å². The van der Waals surface area contributed by atoms with Crippen LogP contribution in [0.5, 0.6) is 0 Å². The van der Waals surface area contributed by atoms with E-state index in [1.54, 1.807) is 13.8 Å². The second kappa shape index (κ2) is 9.59. The lowest BCUT2D eigenvalue weighted by molar-refractivity contribution is -0.138. The van der Waals surface area contributed by atoms with Gasteiger partial charge in [-0.15, -0.1) is 0 Å². The van der Waals surface area contributed by atoms with Crippen molar-refractivity contribution in [2.24, 2.45) is 17.3 Å². The number of sulfone groups is 1. The Kier molecular flexibility index (Phi) is 7.47. The molecule has 2 aromatic rings. The van der Waals surface area contributed by atoms with Crippen molar-refractivity contribution in [2.45, 2.75) is 56.8 Å². The maximum atomic E-state index is 13.0. The Morgan fingerprint density at radius 3 is 2.00 bits per heavy atom. The van der Waals surface area contributed by atoms with Gasteiger partial charge in [-0.3, -0.25) is 4.79 Å². The second-order valence-electron chi connectivity index (χ2n) is 9.65. The second-order valence-corrected chi connectivity index (χ2v) is 11.8. The number of hydrogen-bond acceptors (Lipinski definition) is 3. The Balaban J connectivity index is 1.52.